The van der Waals surface area contributed by atoms with E-state index in [1.165, 1.54) is 0 Å². The highest BCUT2D eigenvalue weighted by Crippen LogP contribution is 2.18. The van der Waals surface area contributed by atoms with E-state index >= 15 is 0 Å². The second kappa shape index (κ2) is 5.64. The molecule has 1 amide bonds. The summed E-state index contributed by atoms with van der Waals surface area (Å²) in [5, 5.41) is 0. The van der Waals surface area contributed by atoms with Crippen molar-refractivity contribution in [1.82, 2.24) is 9.80 Å². The minimum Gasteiger partial charge on any atom is -0.379 e. The number of carbonyl (C=O) groups is 1. The van der Waals surface area contributed by atoms with E-state index in [0.29, 0.717) is 18.4 Å². The average Bonchev–Trinajstić information content (AvgIpc) is 2.39. The summed E-state index contributed by atoms with van der Waals surface area (Å²) in [6.45, 7) is 7.68. The quantitative estimate of drug-likeness (QED) is 0.695. The molecule has 92 valence electrons. The van der Waals surface area contributed by atoms with Gasteiger partial charge in [0.05, 0.1) is 13.2 Å². The predicted molar refractivity (Wildman–Crippen MR) is 62.3 cm³/mol. The van der Waals surface area contributed by atoms with Crippen LogP contribution in [0.2, 0.25) is 0 Å². The number of carbonyl (C=O) groups excluding carboxylic acids is 1. The maximum absolute atomic E-state index is 11.5. The van der Waals surface area contributed by atoms with Crippen LogP contribution in [0.25, 0.3) is 0 Å². The summed E-state index contributed by atoms with van der Waals surface area (Å²) in [6.07, 6.45) is 2.90. The summed E-state index contributed by atoms with van der Waals surface area (Å²) < 4.78 is 5.36. The first-order valence-electron chi connectivity index (χ1n) is 6.41. The lowest BCUT2D eigenvalue weighted by atomic mass is 10.0. The summed E-state index contributed by atoms with van der Waals surface area (Å²) >= 11 is 0. The second-order valence-electron chi connectivity index (χ2n) is 4.61. The number of morpholine rings is 1. The molecule has 0 unspecified atom stereocenters. The Morgan fingerprint density at radius 1 is 1.19 bits per heavy atom. The third-order valence-electron chi connectivity index (χ3n) is 3.68. The topological polar surface area (TPSA) is 32.8 Å². The van der Waals surface area contributed by atoms with Crippen LogP contribution in [0.4, 0.5) is 0 Å². The lowest BCUT2D eigenvalue weighted by Crippen LogP contribution is -2.50. The van der Waals surface area contributed by atoms with E-state index in [4.69, 9.17) is 4.74 Å². The molecule has 0 spiro atoms. The van der Waals surface area contributed by atoms with Crippen molar-refractivity contribution in [3.8, 4) is 0 Å². The van der Waals surface area contributed by atoms with Crippen LogP contribution in [0.1, 0.15) is 26.2 Å². The van der Waals surface area contributed by atoms with Crippen LogP contribution in [0, 0.1) is 0 Å². The molecule has 0 N–H and O–H groups in total. The minimum absolute atomic E-state index is 0.306. The maximum Gasteiger partial charge on any atom is 0.222 e. The molecule has 2 fully saturated rings. The van der Waals surface area contributed by atoms with Gasteiger partial charge in [-0.05, 0) is 12.8 Å². The van der Waals surface area contributed by atoms with E-state index in [-0.39, 0.29) is 0 Å². The van der Waals surface area contributed by atoms with E-state index in [2.05, 4.69) is 4.90 Å². The Hall–Kier alpha value is -0.610. The van der Waals surface area contributed by atoms with Crippen molar-refractivity contribution >= 4 is 5.91 Å². The summed E-state index contributed by atoms with van der Waals surface area (Å²) in [5.41, 5.74) is 0. The number of nitrogens with zero attached hydrogens (tertiary/aromatic N) is 2. The first-order valence-corrected chi connectivity index (χ1v) is 6.41. The van der Waals surface area contributed by atoms with Gasteiger partial charge in [-0.2, -0.15) is 0 Å². The van der Waals surface area contributed by atoms with Gasteiger partial charge in [0.2, 0.25) is 5.91 Å². The largest absolute Gasteiger partial charge is 0.379 e. The molecule has 0 bridgehead atoms. The molecule has 4 heteroatoms. The number of hydrogen-bond acceptors (Lipinski definition) is 3. The molecule has 2 aliphatic heterocycles. The minimum atomic E-state index is 0.306. The van der Waals surface area contributed by atoms with Crippen LogP contribution in [-0.4, -0.2) is 61.1 Å². The lowest BCUT2D eigenvalue weighted by Gasteiger charge is -2.40. The van der Waals surface area contributed by atoms with Gasteiger partial charge in [-0.3, -0.25) is 9.69 Å². The summed E-state index contributed by atoms with van der Waals surface area (Å²) in [4.78, 5) is 16.1. The molecule has 2 aliphatic rings. The SMILES string of the molecule is CCC(=O)N1CCC(N2CCOCC2)CC1. The lowest BCUT2D eigenvalue weighted by molar-refractivity contribution is -0.132. The molecule has 2 heterocycles. The van der Waals surface area contributed by atoms with Crippen LogP contribution >= 0.6 is 0 Å². The van der Waals surface area contributed by atoms with Gasteiger partial charge in [0.15, 0.2) is 0 Å². The normalized spacial score (nSPS) is 24.7. The van der Waals surface area contributed by atoms with Crippen LogP contribution < -0.4 is 0 Å². The highest BCUT2D eigenvalue weighted by Gasteiger charge is 2.26. The first-order chi connectivity index (χ1) is 7.81. The van der Waals surface area contributed by atoms with Gasteiger partial charge in [0, 0.05) is 38.6 Å². The van der Waals surface area contributed by atoms with E-state index in [1.54, 1.807) is 0 Å². The van der Waals surface area contributed by atoms with E-state index in [1.807, 2.05) is 11.8 Å². The van der Waals surface area contributed by atoms with Gasteiger partial charge >= 0.3 is 0 Å². The molecular formula is C12H22N2O2. The predicted octanol–water partition coefficient (Wildman–Crippen LogP) is 0.720. The Labute approximate surface area is 97.5 Å². The molecular weight excluding hydrogens is 204 g/mol. The van der Waals surface area contributed by atoms with Gasteiger partial charge in [-0.15, -0.1) is 0 Å². The number of rotatable bonds is 2. The maximum atomic E-state index is 11.5. The Balaban J connectivity index is 1.78. The van der Waals surface area contributed by atoms with Crippen LogP contribution in [0.5, 0.6) is 0 Å². The van der Waals surface area contributed by atoms with Crippen LogP contribution in [0.15, 0.2) is 0 Å². The van der Waals surface area contributed by atoms with Crippen molar-refractivity contribution in [3.63, 3.8) is 0 Å². The van der Waals surface area contributed by atoms with Gasteiger partial charge < -0.3 is 9.64 Å². The molecule has 2 saturated heterocycles. The molecule has 16 heavy (non-hydrogen) atoms. The Morgan fingerprint density at radius 3 is 2.38 bits per heavy atom. The second-order valence-corrected chi connectivity index (χ2v) is 4.61. The fraction of sp³-hybridized carbons (Fsp3) is 0.917. The van der Waals surface area contributed by atoms with Gasteiger partial charge in [-0.25, -0.2) is 0 Å². The van der Waals surface area contributed by atoms with Gasteiger partial charge in [0.1, 0.15) is 0 Å². The third kappa shape index (κ3) is 2.74. The van der Waals surface area contributed by atoms with Crippen molar-refractivity contribution in [2.24, 2.45) is 0 Å². The van der Waals surface area contributed by atoms with Gasteiger partial charge in [0.25, 0.3) is 0 Å². The zero-order valence-electron chi connectivity index (χ0n) is 10.2. The van der Waals surface area contributed by atoms with E-state index in [0.717, 1.165) is 52.2 Å². The molecule has 0 aromatic carbocycles. The number of amides is 1. The molecule has 0 aliphatic carbocycles. The Kier molecular flexibility index (Phi) is 4.18. The first kappa shape index (κ1) is 11.9. The third-order valence-corrected chi connectivity index (χ3v) is 3.68. The summed E-state index contributed by atoms with van der Waals surface area (Å²) in [7, 11) is 0. The monoisotopic (exact) mass is 226 g/mol. The zero-order chi connectivity index (χ0) is 11.4. The standard InChI is InChI=1S/C12H22N2O2/c1-2-12(15)14-5-3-11(4-6-14)13-7-9-16-10-8-13/h11H,2-10H2,1H3. The average molecular weight is 226 g/mol. The zero-order valence-corrected chi connectivity index (χ0v) is 10.2. The fourth-order valence-corrected chi connectivity index (χ4v) is 2.65. The number of likely N-dealkylation sites (tertiary alicyclic amines) is 1. The fourth-order valence-electron chi connectivity index (χ4n) is 2.65. The van der Waals surface area contributed by atoms with E-state index < -0.39 is 0 Å². The van der Waals surface area contributed by atoms with Crippen molar-refractivity contribution in [2.45, 2.75) is 32.2 Å². The van der Waals surface area contributed by atoms with E-state index in [9.17, 15) is 4.79 Å². The van der Waals surface area contributed by atoms with Crippen molar-refractivity contribution < 1.29 is 9.53 Å². The van der Waals surface area contributed by atoms with Crippen molar-refractivity contribution in [1.29, 1.82) is 0 Å². The Morgan fingerprint density at radius 2 is 1.81 bits per heavy atom. The molecule has 4 nitrogen and oxygen atoms in total. The smallest absolute Gasteiger partial charge is 0.222 e. The highest BCUT2D eigenvalue weighted by molar-refractivity contribution is 5.75. The molecule has 0 aromatic heterocycles. The molecule has 0 aromatic rings. The van der Waals surface area contributed by atoms with Gasteiger partial charge in [-0.1, -0.05) is 6.92 Å². The summed E-state index contributed by atoms with van der Waals surface area (Å²) in [5.74, 6) is 0.306. The Bertz CT molecular complexity index is 231. The number of ether oxygens (including phenoxy) is 1. The van der Waals surface area contributed by atoms with Crippen molar-refractivity contribution in [2.75, 3.05) is 39.4 Å². The number of hydrogen-bond donors (Lipinski definition) is 0. The van der Waals surface area contributed by atoms with Crippen LogP contribution in [0.3, 0.4) is 0 Å². The molecule has 0 saturated carbocycles. The highest BCUT2D eigenvalue weighted by atomic mass is 16.5. The molecule has 0 atom stereocenters. The summed E-state index contributed by atoms with van der Waals surface area (Å²) in [6, 6.07) is 0.671. The number of piperidine rings is 1. The van der Waals surface area contributed by atoms with Crippen LogP contribution in [-0.2, 0) is 9.53 Å². The van der Waals surface area contributed by atoms with Crippen molar-refractivity contribution in [3.05, 3.63) is 0 Å². The molecule has 0 radical (unpaired) electrons. The molecule has 2 rings (SSSR count).